The molecule has 0 radical (unpaired) electrons. The second kappa shape index (κ2) is 5.25. The van der Waals surface area contributed by atoms with Crippen molar-refractivity contribution in [2.24, 2.45) is 11.7 Å². The highest BCUT2D eigenvalue weighted by Crippen LogP contribution is 2.23. The molecular weight excluding hydrogens is 210 g/mol. The van der Waals surface area contributed by atoms with Gasteiger partial charge in [0, 0.05) is 25.7 Å². The molecule has 2 nitrogen and oxygen atoms in total. The second-order valence-corrected chi connectivity index (χ2v) is 4.25. The summed E-state index contributed by atoms with van der Waals surface area (Å²) in [5, 5.41) is 0. The summed E-state index contributed by atoms with van der Waals surface area (Å²) >= 11 is 0. The van der Waals surface area contributed by atoms with Crippen molar-refractivity contribution < 1.29 is 8.78 Å². The van der Waals surface area contributed by atoms with Crippen molar-refractivity contribution in [2.45, 2.75) is 19.9 Å². The van der Waals surface area contributed by atoms with E-state index in [0.717, 1.165) is 12.1 Å². The minimum Gasteiger partial charge on any atom is -0.368 e. The lowest BCUT2D eigenvalue weighted by molar-refractivity contribution is 0.472. The van der Waals surface area contributed by atoms with Gasteiger partial charge in [0.2, 0.25) is 0 Å². The van der Waals surface area contributed by atoms with E-state index in [0.29, 0.717) is 6.54 Å². The summed E-state index contributed by atoms with van der Waals surface area (Å²) in [6, 6.07) is 3.44. The van der Waals surface area contributed by atoms with E-state index >= 15 is 0 Å². The summed E-state index contributed by atoms with van der Waals surface area (Å²) in [7, 11) is 1.73. The molecule has 0 aromatic heterocycles. The Morgan fingerprint density at radius 3 is 2.44 bits per heavy atom. The maximum absolute atomic E-state index is 13.5. The van der Waals surface area contributed by atoms with Crippen molar-refractivity contribution in [2.75, 3.05) is 18.5 Å². The molecule has 0 heterocycles. The lowest BCUT2D eigenvalue weighted by Crippen LogP contribution is -2.42. The Labute approximate surface area is 95.1 Å². The standard InChI is InChI=1S/C12H18F2N2/c1-8(2)12(7-15)16(3)11-6-9(13)4-5-10(11)14/h4-6,8,12H,7,15H2,1-3H3. The van der Waals surface area contributed by atoms with Gasteiger partial charge in [0.25, 0.3) is 0 Å². The van der Waals surface area contributed by atoms with E-state index < -0.39 is 11.6 Å². The van der Waals surface area contributed by atoms with Gasteiger partial charge in [0.1, 0.15) is 11.6 Å². The zero-order valence-electron chi connectivity index (χ0n) is 9.87. The number of hydrogen-bond acceptors (Lipinski definition) is 2. The molecule has 4 heteroatoms. The lowest BCUT2D eigenvalue weighted by Gasteiger charge is -2.32. The molecule has 0 saturated heterocycles. The molecule has 0 aliphatic carbocycles. The molecule has 1 unspecified atom stereocenters. The lowest BCUT2D eigenvalue weighted by atomic mass is 10.0. The first-order valence-corrected chi connectivity index (χ1v) is 5.35. The zero-order chi connectivity index (χ0) is 12.3. The number of nitrogens with zero attached hydrogens (tertiary/aromatic N) is 1. The van der Waals surface area contributed by atoms with Gasteiger partial charge in [-0.05, 0) is 18.1 Å². The molecule has 0 spiro atoms. The smallest absolute Gasteiger partial charge is 0.146 e. The Balaban J connectivity index is 3.02. The number of likely N-dealkylation sites (N-methyl/N-ethyl adjacent to an activating group) is 1. The molecule has 0 bridgehead atoms. The fraction of sp³-hybridized carbons (Fsp3) is 0.500. The molecule has 1 aromatic carbocycles. The number of hydrogen-bond donors (Lipinski definition) is 1. The summed E-state index contributed by atoms with van der Waals surface area (Å²) in [4.78, 5) is 1.70. The van der Waals surface area contributed by atoms with Crippen molar-refractivity contribution in [1.82, 2.24) is 0 Å². The number of nitrogens with two attached hydrogens (primary N) is 1. The van der Waals surface area contributed by atoms with Crippen LogP contribution in [0.4, 0.5) is 14.5 Å². The Morgan fingerprint density at radius 2 is 1.94 bits per heavy atom. The predicted octanol–water partition coefficient (Wildman–Crippen LogP) is 2.38. The highest BCUT2D eigenvalue weighted by Gasteiger charge is 2.20. The largest absolute Gasteiger partial charge is 0.368 e. The fourth-order valence-corrected chi connectivity index (χ4v) is 1.81. The molecule has 0 saturated carbocycles. The first kappa shape index (κ1) is 12.9. The van der Waals surface area contributed by atoms with Crippen LogP contribution in [0, 0.1) is 17.6 Å². The molecule has 1 aromatic rings. The SMILES string of the molecule is CC(C)C(CN)N(C)c1cc(F)ccc1F. The van der Waals surface area contributed by atoms with Crippen LogP contribution in [0.15, 0.2) is 18.2 Å². The van der Waals surface area contributed by atoms with Crippen molar-refractivity contribution in [1.29, 1.82) is 0 Å². The monoisotopic (exact) mass is 228 g/mol. The van der Waals surface area contributed by atoms with E-state index in [1.54, 1.807) is 11.9 Å². The molecule has 0 aliphatic rings. The molecule has 1 rings (SSSR count). The van der Waals surface area contributed by atoms with Gasteiger partial charge in [-0.1, -0.05) is 13.8 Å². The summed E-state index contributed by atoms with van der Waals surface area (Å²) in [6.45, 7) is 4.42. The van der Waals surface area contributed by atoms with Crippen LogP contribution in [0.3, 0.4) is 0 Å². The van der Waals surface area contributed by atoms with Crippen LogP contribution < -0.4 is 10.6 Å². The van der Waals surface area contributed by atoms with Crippen molar-refractivity contribution in [3.05, 3.63) is 29.8 Å². The summed E-state index contributed by atoms with van der Waals surface area (Å²) < 4.78 is 26.6. The van der Waals surface area contributed by atoms with Gasteiger partial charge in [-0.25, -0.2) is 8.78 Å². The third kappa shape index (κ3) is 2.70. The Hall–Kier alpha value is -1.16. The van der Waals surface area contributed by atoms with Crippen molar-refractivity contribution >= 4 is 5.69 Å². The van der Waals surface area contributed by atoms with Gasteiger partial charge in [-0.15, -0.1) is 0 Å². The first-order chi connectivity index (χ1) is 7.47. The number of benzene rings is 1. The van der Waals surface area contributed by atoms with E-state index in [1.165, 1.54) is 6.07 Å². The van der Waals surface area contributed by atoms with Gasteiger partial charge >= 0.3 is 0 Å². The van der Waals surface area contributed by atoms with E-state index in [-0.39, 0.29) is 17.6 Å². The average molecular weight is 228 g/mol. The van der Waals surface area contributed by atoms with Gasteiger partial charge in [0.05, 0.1) is 5.69 Å². The quantitative estimate of drug-likeness (QED) is 0.857. The number of rotatable bonds is 4. The van der Waals surface area contributed by atoms with Gasteiger partial charge in [-0.3, -0.25) is 0 Å². The normalized spacial score (nSPS) is 12.9. The molecule has 1 atom stereocenters. The van der Waals surface area contributed by atoms with Crippen LogP contribution >= 0.6 is 0 Å². The molecule has 0 aliphatic heterocycles. The number of anilines is 1. The van der Waals surface area contributed by atoms with Gasteiger partial charge < -0.3 is 10.6 Å². The van der Waals surface area contributed by atoms with Crippen molar-refractivity contribution in [3.8, 4) is 0 Å². The van der Waals surface area contributed by atoms with E-state index in [1.807, 2.05) is 13.8 Å². The molecule has 16 heavy (non-hydrogen) atoms. The highest BCUT2D eigenvalue weighted by atomic mass is 19.1. The minimum absolute atomic E-state index is 0.00343. The third-order valence-corrected chi connectivity index (χ3v) is 2.80. The highest BCUT2D eigenvalue weighted by molar-refractivity contribution is 5.48. The minimum atomic E-state index is -0.442. The average Bonchev–Trinajstić information content (AvgIpc) is 2.22. The second-order valence-electron chi connectivity index (χ2n) is 4.25. The molecule has 90 valence electrons. The summed E-state index contributed by atoms with van der Waals surface area (Å²) in [5.41, 5.74) is 5.90. The Morgan fingerprint density at radius 1 is 1.31 bits per heavy atom. The maximum atomic E-state index is 13.5. The first-order valence-electron chi connectivity index (χ1n) is 5.35. The Bertz CT molecular complexity index is 353. The van der Waals surface area contributed by atoms with E-state index in [2.05, 4.69) is 0 Å². The van der Waals surface area contributed by atoms with Crippen LogP contribution in [0.5, 0.6) is 0 Å². The third-order valence-electron chi connectivity index (χ3n) is 2.80. The maximum Gasteiger partial charge on any atom is 0.146 e. The van der Waals surface area contributed by atoms with Crippen LogP contribution in [0.2, 0.25) is 0 Å². The van der Waals surface area contributed by atoms with Crippen LogP contribution in [-0.2, 0) is 0 Å². The predicted molar refractivity (Wildman–Crippen MR) is 62.4 cm³/mol. The molecule has 0 amide bonds. The van der Waals surface area contributed by atoms with Crippen LogP contribution in [0.1, 0.15) is 13.8 Å². The molecule has 0 fully saturated rings. The fourth-order valence-electron chi connectivity index (χ4n) is 1.81. The molecular formula is C12H18F2N2. The topological polar surface area (TPSA) is 29.3 Å². The van der Waals surface area contributed by atoms with Crippen molar-refractivity contribution in [3.63, 3.8) is 0 Å². The number of halogens is 2. The van der Waals surface area contributed by atoms with E-state index in [4.69, 9.17) is 5.73 Å². The van der Waals surface area contributed by atoms with Gasteiger partial charge in [-0.2, -0.15) is 0 Å². The molecule has 2 N–H and O–H groups in total. The summed E-state index contributed by atoms with van der Waals surface area (Å²) in [5.74, 6) is -0.594. The Kier molecular flexibility index (Phi) is 4.24. The van der Waals surface area contributed by atoms with Crippen LogP contribution in [0.25, 0.3) is 0 Å². The summed E-state index contributed by atoms with van der Waals surface area (Å²) in [6.07, 6.45) is 0. The van der Waals surface area contributed by atoms with E-state index in [9.17, 15) is 8.78 Å². The van der Waals surface area contributed by atoms with Gasteiger partial charge in [0.15, 0.2) is 0 Å². The zero-order valence-corrected chi connectivity index (χ0v) is 9.87. The van der Waals surface area contributed by atoms with Crippen LogP contribution in [-0.4, -0.2) is 19.6 Å².